The van der Waals surface area contributed by atoms with Gasteiger partial charge in [0.2, 0.25) is 0 Å². The Bertz CT molecular complexity index is 567. The van der Waals surface area contributed by atoms with Crippen LogP contribution in [-0.4, -0.2) is 41.2 Å². The number of piperidine rings is 1. The molecule has 0 bridgehead atoms. The zero-order valence-corrected chi connectivity index (χ0v) is 12.5. The minimum atomic E-state index is 0.440. The van der Waals surface area contributed by atoms with Crippen molar-refractivity contribution in [2.45, 2.75) is 26.3 Å². The number of fused-ring (bicyclic) bond motifs is 1. The first-order chi connectivity index (χ1) is 9.66. The lowest BCUT2D eigenvalue weighted by atomic mass is 9.80. The Hall–Kier alpha value is -1.39. The van der Waals surface area contributed by atoms with E-state index in [1.54, 1.807) is 0 Å². The predicted molar refractivity (Wildman–Crippen MR) is 81.7 cm³/mol. The summed E-state index contributed by atoms with van der Waals surface area (Å²) in [6.45, 7) is 6.83. The van der Waals surface area contributed by atoms with Gasteiger partial charge in [-0.05, 0) is 50.5 Å². The summed E-state index contributed by atoms with van der Waals surface area (Å²) in [5.74, 6) is 0. The molecule has 0 atom stereocenters. The number of aromatic nitrogens is 2. The zero-order chi connectivity index (χ0) is 14.0. The van der Waals surface area contributed by atoms with Crippen molar-refractivity contribution in [3.05, 3.63) is 36.2 Å². The van der Waals surface area contributed by atoms with E-state index in [2.05, 4.69) is 41.4 Å². The smallest absolute Gasteiger partial charge is 0.0706 e. The second-order valence-electron chi connectivity index (χ2n) is 6.42. The first-order valence-electron chi connectivity index (χ1n) is 7.47. The highest BCUT2D eigenvalue weighted by Crippen LogP contribution is 2.29. The van der Waals surface area contributed by atoms with Crippen LogP contribution in [-0.2, 0) is 6.54 Å². The fourth-order valence-corrected chi connectivity index (χ4v) is 2.96. The molecule has 0 amide bonds. The lowest BCUT2D eigenvalue weighted by Gasteiger charge is -2.38. The van der Waals surface area contributed by atoms with Crippen LogP contribution in [0.25, 0.3) is 5.52 Å². The average Bonchev–Trinajstić information content (AvgIpc) is 2.86. The van der Waals surface area contributed by atoms with E-state index in [-0.39, 0.29) is 0 Å². The van der Waals surface area contributed by atoms with Crippen LogP contribution in [0.5, 0.6) is 0 Å². The molecule has 3 heterocycles. The van der Waals surface area contributed by atoms with Crippen molar-refractivity contribution in [3.8, 4) is 0 Å². The molecular weight excluding hydrogens is 248 g/mol. The van der Waals surface area contributed by atoms with E-state index in [1.807, 2.05) is 23.0 Å². The molecule has 2 aromatic rings. The number of nitrogens with zero attached hydrogens (tertiary/aromatic N) is 3. The Labute approximate surface area is 120 Å². The molecular formula is C16H24N4. The average molecular weight is 272 g/mol. The Balaban J connectivity index is 1.57. The van der Waals surface area contributed by atoms with Gasteiger partial charge in [-0.15, -0.1) is 0 Å². The Morgan fingerprint density at radius 2 is 2.10 bits per heavy atom. The summed E-state index contributed by atoms with van der Waals surface area (Å²) in [6.07, 6.45) is 6.53. The highest BCUT2D eigenvalue weighted by atomic mass is 15.2. The van der Waals surface area contributed by atoms with Crippen molar-refractivity contribution in [2.24, 2.45) is 5.41 Å². The summed E-state index contributed by atoms with van der Waals surface area (Å²) < 4.78 is 1.94. The molecule has 1 aliphatic rings. The molecule has 0 aliphatic carbocycles. The molecule has 0 spiro atoms. The summed E-state index contributed by atoms with van der Waals surface area (Å²) in [5.41, 5.74) is 2.92. The molecule has 1 aliphatic heterocycles. The molecule has 0 unspecified atom stereocenters. The maximum atomic E-state index is 4.38. The molecule has 1 saturated heterocycles. The number of likely N-dealkylation sites (tertiary alicyclic amines) is 1. The molecule has 0 saturated carbocycles. The first kappa shape index (κ1) is 13.6. The number of hydrogen-bond donors (Lipinski definition) is 1. The summed E-state index contributed by atoms with van der Waals surface area (Å²) in [6, 6.07) is 6.21. The number of nitrogens with one attached hydrogen (secondary N) is 1. The molecule has 4 nitrogen and oxygen atoms in total. The molecule has 108 valence electrons. The quantitative estimate of drug-likeness (QED) is 0.926. The monoisotopic (exact) mass is 272 g/mol. The highest BCUT2D eigenvalue weighted by Gasteiger charge is 2.28. The van der Waals surface area contributed by atoms with Crippen LogP contribution < -0.4 is 5.32 Å². The van der Waals surface area contributed by atoms with Crippen LogP contribution in [0, 0.1) is 5.41 Å². The summed E-state index contributed by atoms with van der Waals surface area (Å²) in [4.78, 5) is 2.42. The van der Waals surface area contributed by atoms with E-state index in [4.69, 9.17) is 0 Å². The van der Waals surface area contributed by atoms with E-state index >= 15 is 0 Å². The number of rotatable bonds is 4. The van der Waals surface area contributed by atoms with Gasteiger partial charge in [-0.3, -0.25) is 0 Å². The Kier molecular flexibility index (Phi) is 3.76. The standard InChI is InChI=1S/C16H24N4/c1-16(6-9-19(2)10-7-16)13-17-11-14-12-18-20-8-4-3-5-15(14)20/h3-5,8,12,17H,6-7,9-11,13H2,1-2H3. The van der Waals surface area contributed by atoms with E-state index < -0.39 is 0 Å². The minimum Gasteiger partial charge on any atom is -0.312 e. The van der Waals surface area contributed by atoms with Crippen molar-refractivity contribution < 1.29 is 0 Å². The SMILES string of the molecule is CN1CCC(C)(CNCc2cnn3ccccc23)CC1. The van der Waals surface area contributed by atoms with Gasteiger partial charge >= 0.3 is 0 Å². The van der Waals surface area contributed by atoms with Gasteiger partial charge in [0, 0.05) is 24.8 Å². The largest absolute Gasteiger partial charge is 0.312 e. The Morgan fingerprint density at radius 3 is 2.90 bits per heavy atom. The molecule has 1 fully saturated rings. The number of hydrogen-bond acceptors (Lipinski definition) is 3. The van der Waals surface area contributed by atoms with Gasteiger partial charge in [-0.2, -0.15) is 5.10 Å². The maximum Gasteiger partial charge on any atom is 0.0706 e. The second-order valence-corrected chi connectivity index (χ2v) is 6.42. The van der Waals surface area contributed by atoms with E-state index in [9.17, 15) is 0 Å². The van der Waals surface area contributed by atoms with Gasteiger partial charge in [0.05, 0.1) is 11.7 Å². The van der Waals surface area contributed by atoms with Crippen molar-refractivity contribution >= 4 is 5.52 Å². The van der Waals surface area contributed by atoms with Gasteiger partial charge in [0.15, 0.2) is 0 Å². The lowest BCUT2D eigenvalue weighted by Crippen LogP contribution is -2.41. The molecule has 20 heavy (non-hydrogen) atoms. The fourth-order valence-electron chi connectivity index (χ4n) is 2.96. The fraction of sp³-hybridized carbons (Fsp3) is 0.562. The lowest BCUT2D eigenvalue weighted by molar-refractivity contribution is 0.137. The summed E-state index contributed by atoms with van der Waals surface area (Å²) in [5, 5.41) is 8.01. The van der Waals surface area contributed by atoms with Gasteiger partial charge in [0.25, 0.3) is 0 Å². The predicted octanol–water partition coefficient (Wildman–Crippen LogP) is 2.16. The molecule has 0 radical (unpaired) electrons. The van der Waals surface area contributed by atoms with Crippen LogP contribution in [0.15, 0.2) is 30.6 Å². The first-order valence-corrected chi connectivity index (χ1v) is 7.47. The topological polar surface area (TPSA) is 32.6 Å². The van der Waals surface area contributed by atoms with Crippen LogP contribution in [0.3, 0.4) is 0 Å². The minimum absolute atomic E-state index is 0.440. The van der Waals surface area contributed by atoms with E-state index in [0.29, 0.717) is 5.41 Å². The van der Waals surface area contributed by atoms with E-state index in [0.717, 1.165) is 13.1 Å². The maximum absolute atomic E-state index is 4.38. The van der Waals surface area contributed by atoms with Gasteiger partial charge in [0.1, 0.15) is 0 Å². The highest BCUT2D eigenvalue weighted by molar-refractivity contribution is 5.53. The third kappa shape index (κ3) is 2.86. The van der Waals surface area contributed by atoms with Crippen LogP contribution >= 0.6 is 0 Å². The van der Waals surface area contributed by atoms with E-state index in [1.165, 1.54) is 37.0 Å². The molecule has 0 aromatic carbocycles. The van der Waals surface area contributed by atoms with Crippen LogP contribution in [0.2, 0.25) is 0 Å². The second kappa shape index (κ2) is 5.54. The Morgan fingerprint density at radius 1 is 1.30 bits per heavy atom. The van der Waals surface area contributed by atoms with Crippen LogP contribution in [0.1, 0.15) is 25.3 Å². The van der Waals surface area contributed by atoms with Gasteiger partial charge in [-0.25, -0.2) is 4.52 Å². The molecule has 2 aromatic heterocycles. The summed E-state index contributed by atoms with van der Waals surface area (Å²) in [7, 11) is 2.21. The van der Waals surface area contributed by atoms with Crippen molar-refractivity contribution in [3.63, 3.8) is 0 Å². The third-order valence-electron chi connectivity index (χ3n) is 4.57. The van der Waals surface area contributed by atoms with Crippen LogP contribution in [0.4, 0.5) is 0 Å². The number of pyridine rings is 1. The molecule has 4 heteroatoms. The van der Waals surface area contributed by atoms with Crippen molar-refractivity contribution in [1.29, 1.82) is 0 Å². The van der Waals surface area contributed by atoms with Gasteiger partial charge in [-0.1, -0.05) is 13.0 Å². The van der Waals surface area contributed by atoms with Gasteiger partial charge < -0.3 is 10.2 Å². The summed E-state index contributed by atoms with van der Waals surface area (Å²) >= 11 is 0. The van der Waals surface area contributed by atoms with Crippen molar-refractivity contribution in [1.82, 2.24) is 19.8 Å². The molecule has 3 rings (SSSR count). The normalized spacial score (nSPS) is 19.5. The third-order valence-corrected chi connectivity index (χ3v) is 4.57. The zero-order valence-electron chi connectivity index (χ0n) is 12.5. The molecule has 1 N–H and O–H groups in total. The van der Waals surface area contributed by atoms with Crippen molar-refractivity contribution in [2.75, 3.05) is 26.7 Å².